The Hall–Kier alpha value is -2.25. The van der Waals surface area contributed by atoms with Crippen molar-refractivity contribution in [3.63, 3.8) is 0 Å². The minimum Gasteiger partial charge on any atom is -0.326 e. The van der Waals surface area contributed by atoms with E-state index in [4.69, 9.17) is 0 Å². The first-order valence-corrected chi connectivity index (χ1v) is 10.1. The zero-order valence-corrected chi connectivity index (χ0v) is 15.8. The number of aryl methyl sites for hydroxylation is 2. The predicted octanol–water partition coefficient (Wildman–Crippen LogP) is 2.74. The number of benzene rings is 1. The lowest BCUT2D eigenvalue weighted by molar-refractivity contribution is -0.120. The van der Waals surface area contributed by atoms with Gasteiger partial charge in [-0.25, -0.2) is 8.42 Å². The van der Waals surface area contributed by atoms with Crippen molar-refractivity contribution < 1.29 is 13.2 Å². The molecule has 1 aliphatic rings. The molecule has 2 aromatic rings. The van der Waals surface area contributed by atoms with Gasteiger partial charge in [0, 0.05) is 31.2 Å². The number of nitrogens with one attached hydrogen (secondary N) is 1. The molecular weight excluding hydrogens is 350 g/mol. The Kier molecular flexibility index (Phi) is 5.38. The van der Waals surface area contributed by atoms with Gasteiger partial charge in [0.15, 0.2) is 0 Å². The first-order chi connectivity index (χ1) is 12.4. The summed E-state index contributed by atoms with van der Waals surface area (Å²) in [5, 5.41) is 2.96. The highest BCUT2D eigenvalue weighted by Crippen LogP contribution is 2.25. The summed E-state index contributed by atoms with van der Waals surface area (Å²) >= 11 is 0. The fraction of sp³-hybridized carbons (Fsp3) is 0.368. The average molecular weight is 373 g/mol. The van der Waals surface area contributed by atoms with Crippen molar-refractivity contribution in [1.82, 2.24) is 9.29 Å². The molecule has 1 saturated heterocycles. The monoisotopic (exact) mass is 373 g/mol. The molecular formula is C19H23N3O3S. The summed E-state index contributed by atoms with van der Waals surface area (Å²) in [4.78, 5) is 16.7. The lowest BCUT2D eigenvalue weighted by Gasteiger charge is -2.31. The number of aromatic nitrogens is 1. The summed E-state index contributed by atoms with van der Waals surface area (Å²) in [6.45, 7) is 4.52. The zero-order valence-electron chi connectivity index (χ0n) is 15.0. The van der Waals surface area contributed by atoms with E-state index in [9.17, 15) is 13.2 Å². The molecule has 6 nitrogen and oxygen atoms in total. The Balaban J connectivity index is 1.74. The topological polar surface area (TPSA) is 79.4 Å². The van der Waals surface area contributed by atoms with Crippen LogP contribution in [0.4, 0.5) is 5.69 Å². The maximum atomic E-state index is 12.8. The molecule has 1 aromatic heterocycles. The van der Waals surface area contributed by atoms with Crippen molar-refractivity contribution in [2.45, 2.75) is 31.6 Å². The van der Waals surface area contributed by atoms with Crippen LogP contribution in [0.15, 0.2) is 47.6 Å². The summed E-state index contributed by atoms with van der Waals surface area (Å²) in [6.07, 6.45) is 4.21. The third kappa shape index (κ3) is 3.94. The molecule has 0 radical (unpaired) electrons. The van der Waals surface area contributed by atoms with Gasteiger partial charge in [-0.3, -0.25) is 9.78 Å². The Bertz CT molecular complexity index is 898. The number of piperidine rings is 1. The molecule has 0 spiro atoms. The Labute approximate surface area is 154 Å². The molecule has 26 heavy (non-hydrogen) atoms. The predicted molar refractivity (Wildman–Crippen MR) is 100 cm³/mol. The van der Waals surface area contributed by atoms with Crippen molar-refractivity contribution in [3.8, 4) is 0 Å². The van der Waals surface area contributed by atoms with Gasteiger partial charge in [0.1, 0.15) is 4.90 Å². The van der Waals surface area contributed by atoms with E-state index >= 15 is 0 Å². The molecule has 1 aliphatic heterocycles. The van der Waals surface area contributed by atoms with Gasteiger partial charge in [-0.15, -0.1) is 0 Å². The van der Waals surface area contributed by atoms with E-state index < -0.39 is 10.0 Å². The van der Waals surface area contributed by atoms with Gasteiger partial charge >= 0.3 is 0 Å². The van der Waals surface area contributed by atoms with Gasteiger partial charge in [0.05, 0.1) is 5.92 Å². The number of sulfonamides is 1. The lowest BCUT2D eigenvalue weighted by atomic mass is 9.98. The Morgan fingerprint density at radius 2 is 2.08 bits per heavy atom. The van der Waals surface area contributed by atoms with E-state index in [0.29, 0.717) is 19.4 Å². The third-order valence-electron chi connectivity index (χ3n) is 4.68. The molecule has 1 fully saturated rings. The molecule has 1 atom stereocenters. The smallest absolute Gasteiger partial charge is 0.244 e. The fourth-order valence-corrected chi connectivity index (χ4v) is 4.62. The van der Waals surface area contributed by atoms with Crippen LogP contribution in [0.25, 0.3) is 0 Å². The Morgan fingerprint density at radius 1 is 1.27 bits per heavy atom. The van der Waals surface area contributed by atoms with E-state index in [-0.39, 0.29) is 23.3 Å². The number of carbonyl (C=O) groups is 1. The molecule has 0 aliphatic carbocycles. The van der Waals surface area contributed by atoms with Crippen molar-refractivity contribution in [2.24, 2.45) is 5.92 Å². The summed E-state index contributed by atoms with van der Waals surface area (Å²) in [6, 6.07) is 9.02. The minimum absolute atomic E-state index is 0.134. The maximum absolute atomic E-state index is 12.8. The number of amides is 1. The van der Waals surface area contributed by atoms with Crippen molar-refractivity contribution >= 4 is 21.6 Å². The SMILES string of the molecule is Cc1ccc(C)c(NC(=O)[C@H]2CCCN(S(=O)(=O)c3cccnc3)C2)c1. The van der Waals surface area contributed by atoms with Crippen LogP contribution in [-0.4, -0.2) is 36.7 Å². The number of hydrogen-bond donors (Lipinski definition) is 1. The van der Waals surface area contributed by atoms with E-state index in [1.165, 1.54) is 22.8 Å². The van der Waals surface area contributed by atoms with Gasteiger partial charge in [-0.2, -0.15) is 4.31 Å². The van der Waals surface area contributed by atoms with E-state index in [0.717, 1.165) is 16.8 Å². The number of anilines is 1. The van der Waals surface area contributed by atoms with Crippen molar-refractivity contribution in [2.75, 3.05) is 18.4 Å². The molecule has 138 valence electrons. The number of carbonyl (C=O) groups excluding carboxylic acids is 1. The second kappa shape index (κ2) is 7.55. The fourth-order valence-electron chi connectivity index (χ4n) is 3.13. The molecule has 0 unspecified atom stereocenters. The second-order valence-corrected chi connectivity index (χ2v) is 8.64. The molecule has 1 aromatic carbocycles. The van der Waals surface area contributed by atoms with Crippen molar-refractivity contribution in [1.29, 1.82) is 0 Å². The average Bonchev–Trinajstić information content (AvgIpc) is 2.65. The van der Waals surface area contributed by atoms with Crippen LogP contribution < -0.4 is 5.32 Å². The van der Waals surface area contributed by atoms with Gasteiger partial charge < -0.3 is 5.32 Å². The lowest BCUT2D eigenvalue weighted by Crippen LogP contribution is -2.43. The second-order valence-electron chi connectivity index (χ2n) is 6.70. The summed E-state index contributed by atoms with van der Waals surface area (Å²) < 4.78 is 26.9. The molecule has 2 heterocycles. The Morgan fingerprint density at radius 3 is 2.81 bits per heavy atom. The summed E-state index contributed by atoms with van der Waals surface area (Å²) in [7, 11) is -3.63. The van der Waals surface area contributed by atoms with Crippen LogP contribution in [0.2, 0.25) is 0 Å². The van der Waals surface area contributed by atoms with Gasteiger partial charge in [-0.1, -0.05) is 12.1 Å². The summed E-state index contributed by atoms with van der Waals surface area (Å²) in [5.41, 5.74) is 2.83. The highest BCUT2D eigenvalue weighted by molar-refractivity contribution is 7.89. The molecule has 0 bridgehead atoms. The van der Waals surface area contributed by atoms with Crippen LogP contribution in [0.1, 0.15) is 24.0 Å². The maximum Gasteiger partial charge on any atom is 0.244 e. The molecule has 1 amide bonds. The van der Waals surface area contributed by atoms with Crippen LogP contribution in [-0.2, 0) is 14.8 Å². The number of nitrogens with zero attached hydrogens (tertiary/aromatic N) is 2. The number of pyridine rings is 1. The minimum atomic E-state index is -3.63. The van der Waals surface area contributed by atoms with Crippen LogP contribution in [0, 0.1) is 19.8 Å². The normalized spacial score (nSPS) is 18.5. The quantitative estimate of drug-likeness (QED) is 0.894. The highest BCUT2D eigenvalue weighted by atomic mass is 32.2. The van der Waals surface area contributed by atoms with E-state index in [1.807, 2.05) is 32.0 Å². The zero-order chi connectivity index (χ0) is 18.7. The van der Waals surface area contributed by atoms with Gasteiger partial charge in [-0.05, 0) is 56.0 Å². The first-order valence-electron chi connectivity index (χ1n) is 8.66. The standard InChI is InChI=1S/C19H23N3O3S/c1-14-7-8-15(2)18(11-14)21-19(23)16-5-4-10-22(13-16)26(24,25)17-6-3-9-20-12-17/h3,6-9,11-12,16H,4-5,10,13H2,1-2H3,(H,21,23)/t16-/m0/s1. The molecule has 0 saturated carbocycles. The number of hydrogen-bond acceptors (Lipinski definition) is 4. The molecule has 1 N–H and O–H groups in total. The number of rotatable bonds is 4. The van der Waals surface area contributed by atoms with Crippen LogP contribution in [0.5, 0.6) is 0 Å². The van der Waals surface area contributed by atoms with Gasteiger partial charge in [0.2, 0.25) is 15.9 Å². The van der Waals surface area contributed by atoms with Crippen LogP contribution >= 0.6 is 0 Å². The first kappa shape index (κ1) is 18.5. The van der Waals surface area contributed by atoms with E-state index in [2.05, 4.69) is 10.3 Å². The largest absolute Gasteiger partial charge is 0.326 e. The van der Waals surface area contributed by atoms with Crippen molar-refractivity contribution in [3.05, 3.63) is 53.9 Å². The molecule has 3 rings (SSSR count). The molecule has 7 heteroatoms. The van der Waals surface area contributed by atoms with Crippen LogP contribution in [0.3, 0.4) is 0 Å². The highest BCUT2D eigenvalue weighted by Gasteiger charge is 2.33. The van der Waals surface area contributed by atoms with E-state index in [1.54, 1.807) is 6.07 Å². The van der Waals surface area contributed by atoms with Gasteiger partial charge in [0.25, 0.3) is 0 Å². The summed E-state index contributed by atoms with van der Waals surface area (Å²) in [5.74, 6) is -0.500. The third-order valence-corrected chi connectivity index (χ3v) is 6.53.